The number of nitrogens with zero attached hydrogens (tertiary/aromatic N) is 2. The summed E-state index contributed by atoms with van der Waals surface area (Å²) in [7, 11) is 3.26. The third kappa shape index (κ3) is 5.30. The average Bonchev–Trinajstić information content (AvgIpc) is 2.63. The average molecular weight is 330 g/mol. The van der Waals surface area contributed by atoms with Gasteiger partial charge in [0.05, 0.1) is 14.2 Å². The summed E-state index contributed by atoms with van der Waals surface area (Å²) in [5, 5.41) is 6.56. The van der Waals surface area contributed by atoms with Gasteiger partial charge >= 0.3 is 0 Å². The number of hydrogen-bond donors (Lipinski definition) is 2. The third-order valence-electron chi connectivity index (χ3n) is 3.64. The van der Waals surface area contributed by atoms with Gasteiger partial charge in [-0.2, -0.15) is 4.98 Å². The van der Waals surface area contributed by atoms with Crippen molar-refractivity contribution in [3.63, 3.8) is 0 Å². The van der Waals surface area contributed by atoms with Gasteiger partial charge in [-0.25, -0.2) is 4.98 Å². The van der Waals surface area contributed by atoms with Crippen molar-refractivity contribution in [1.82, 2.24) is 9.97 Å². The minimum atomic E-state index is 0.602. The van der Waals surface area contributed by atoms with Crippen molar-refractivity contribution in [3.8, 4) is 11.5 Å². The molecule has 6 nitrogen and oxygen atoms in total. The Morgan fingerprint density at radius 3 is 2.58 bits per heavy atom. The third-order valence-corrected chi connectivity index (χ3v) is 3.64. The van der Waals surface area contributed by atoms with Gasteiger partial charge in [0.2, 0.25) is 5.95 Å². The highest BCUT2D eigenvalue weighted by Crippen LogP contribution is 2.27. The van der Waals surface area contributed by atoms with Gasteiger partial charge < -0.3 is 20.1 Å². The molecular formula is C18H26N4O2. The topological polar surface area (TPSA) is 68.3 Å². The molecule has 1 aromatic heterocycles. The van der Waals surface area contributed by atoms with E-state index in [1.54, 1.807) is 20.4 Å². The van der Waals surface area contributed by atoms with Crippen LogP contribution in [0, 0.1) is 0 Å². The number of unbranched alkanes of at least 4 members (excludes halogenated alkanes) is 2. The first kappa shape index (κ1) is 17.8. The number of rotatable bonds is 10. The van der Waals surface area contributed by atoms with E-state index in [-0.39, 0.29) is 0 Å². The van der Waals surface area contributed by atoms with E-state index in [1.807, 2.05) is 24.3 Å². The van der Waals surface area contributed by atoms with Crippen molar-refractivity contribution in [1.29, 1.82) is 0 Å². The Labute approximate surface area is 143 Å². The molecule has 2 rings (SSSR count). The van der Waals surface area contributed by atoms with E-state index >= 15 is 0 Å². The van der Waals surface area contributed by atoms with Crippen LogP contribution in [0.25, 0.3) is 0 Å². The largest absolute Gasteiger partial charge is 0.493 e. The van der Waals surface area contributed by atoms with Gasteiger partial charge in [0.25, 0.3) is 0 Å². The molecule has 2 aromatic rings. The van der Waals surface area contributed by atoms with Gasteiger partial charge in [-0.1, -0.05) is 25.8 Å². The van der Waals surface area contributed by atoms with Crippen LogP contribution in [-0.2, 0) is 6.54 Å². The second-order valence-corrected chi connectivity index (χ2v) is 5.44. The number of aromatic nitrogens is 2. The van der Waals surface area contributed by atoms with Crippen LogP contribution in [-0.4, -0.2) is 30.7 Å². The maximum Gasteiger partial charge on any atom is 0.224 e. The normalized spacial score (nSPS) is 10.3. The van der Waals surface area contributed by atoms with Crippen LogP contribution in [0.4, 0.5) is 11.8 Å². The van der Waals surface area contributed by atoms with Crippen molar-refractivity contribution in [2.75, 3.05) is 31.4 Å². The zero-order valence-corrected chi connectivity index (χ0v) is 14.6. The van der Waals surface area contributed by atoms with Gasteiger partial charge in [0, 0.05) is 19.3 Å². The number of hydrogen-bond acceptors (Lipinski definition) is 6. The number of ether oxygens (including phenoxy) is 2. The van der Waals surface area contributed by atoms with E-state index in [4.69, 9.17) is 9.47 Å². The predicted molar refractivity (Wildman–Crippen MR) is 96.9 cm³/mol. The molecule has 24 heavy (non-hydrogen) atoms. The lowest BCUT2D eigenvalue weighted by molar-refractivity contribution is 0.354. The summed E-state index contributed by atoms with van der Waals surface area (Å²) in [5.74, 6) is 2.88. The van der Waals surface area contributed by atoms with Crippen LogP contribution in [0.5, 0.6) is 11.5 Å². The van der Waals surface area contributed by atoms with Gasteiger partial charge in [0.15, 0.2) is 11.5 Å². The van der Waals surface area contributed by atoms with E-state index in [1.165, 1.54) is 12.8 Å². The Morgan fingerprint density at radius 2 is 1.83 bits per heavy atom. The van der Waals surface area contributed by atoms with Crippen LogP contribution >= 0.6 is 0 Å². The Kier molecular flexibility index (Phi) is 7.14. The molecule has 0 spiro atoms. The fourth-order valence-electron chi connectivity index (χ4n) is 2.31. The highest BCUT2D eigenvalue weighted by atomic mass is 16.5. The Balaban J connectivity index is 1.92. The first-order valence-corrected chi connectivity index (χ1v) is 8.28. The SMILES string of the molecule is CCCCCNc1ccnc(NCc2ccc(OC)c(OC)c2)n1. The lowest BCUT2D eigenvalue weighted by Crippen LogP contribution is -2.07. The first-order valence-electron chi connectivity index (χ1n) is 8.28. The number of benzene rings is 1. The molecule has 0 saturated heterocycles. The quantitative estimate of drug-likeness (QED) is 0.647. The second kappa shape index (κ2) is 9.60. The predicted octanol–water partition coefficient (Wildman–Crippen LogP) is 3.71. The highest BCUT2D eigenvalue weighted by molar-refractivity contribution is 5.44. The van der Waals surface area contributed by atoms with Gasteiger partial charge in [-0.15, -0.1) is 0 Å². The molecule has 2 N–H and O–H groups in total. The molecule has 0 unspecified atom stereocenters. The smallest absolute Gasteiger partial charge is 0.224 e. The van der Waals surface area contributed by atoms with Crippen molar-refractivity contribution >= 4 is 11.8 Å². The maximum absolute atomic E-state index is 5.32. The number of nitrogens with one attached hydrogen (secondary N) is 2. The fourth-order valence-corrected chi connectivity index (χ4v) is 2.31. The standard InChI is InChI=1S/C18H26N4O2/c1-4-5-6-10-19-17-9-11-20-18(22-17)21-13-14-7-8-15(23-2)16(12-14)24-3/h7-9,11-12H,4-6,10,13H2,1-3H3,(H2,19,20,21,22). The molecule has 0 fully saturated rings. The summed E-state index contributed by atoms with van der Waals surface area (Å²) in [4.78, 5) is 8.73. The van der Waals surface area contributed by atoms with E-state index in [0.29, 0.717) is 18.2 Å². The maximum atomic E-state index is 5.32. The molecule has 6 heteroatoms. The summed E-state index contributed by atoms with van der Waals surface area (Å²) in [6, 6.07) is 7.70. The van der Waals surface area contributed by atoms with Gasteiger partial charge in [-0.05, 0) is 30.2 Å². The zero-order chi connectivity index (χ0) is 17.2. The molecule has 1 heterocycles. The first-order chi connectivity index (χ1) is 11.8. The van der Waals surface area contributed by atoms with Crippen molar-refractivity contribution in [3.05, 3.63) is 36.0 Å². The van der Waals surface area contributed by atoms with Crippen LogP contribution < -0.4 is 20.1 Å². The molecule has 130 valence electrons. The van der Waals surface area contributed by atoms with Crippen LogP contribution in [0.15, 0.2) is 30.5 Å². The van der Waals surface area contributed by atoms with Crippen LogP contribution in [0.1, 0.15) is 31.7 Å². The lowest BCUT2D eigenvalue weighted by atomic mass is 10.2. The molecule has 0 radical (unpaired) electrons. The highest BCUT2D eigenvalue weighted by Gasteiger charge is 2.05. The summed E-state index contributed by atoms with van der Waals surface area (Å²) in [6.45, 7) is 3.74. The van der Waals surface area contributed by atoms with Crippen LogP contribution in [0.2, 0.25) is 0 Å². The number of methoxy groups -OCH3 is 2. The fraction of sp³-hybridized carbons (Fsp3) is 0.444. The van der Waals surface area contributed by atoms with Crippen molar-refractivity contribution in [2.45, 2.75) is 32.7 Å². The summed E-state index contributed by atoms with van der Waals surface area (Å²) in [6.07, 6.45) is 5.34. The monoisotopic (exact) mass is 330 g/mol. The molecule has 1 aromatic carbocycles. The van der Waals surface area contributed by atoms with E-state index < -0.39 is 0 Å². The molecule has 0 amide bonds. The van der Waals surface area contributed by atoms with E-state index in [9.17, 15) is 0 Å². The minimum absolute atomic E-state index is 0.602. The summed E-state index contributed by atoms with van der Waals surface area (Å²) < 4.78 is 10.6. The Bertz CT molecular complexity index is 634. The van der Waals surface area contributed by atoms with Crippen molar-refractivity contribution < 1.29 is 9.47 Å². The summed E-state index contributed by atoms with van der Waals surface area (Å²) >= 11 is 0. The zero-order valence-electron chi connectivity index (χ0n) is 14.6. The van der Waals surface area contributed by atoms with Crippen LogP contribution in [0.3, 0.4) is 0 Å². The second-order valence-electron chi connectivity index (χ2n) is 5.44. The number of anilines is 2. The summed E-state index contributed by atoms with van der Waals surface area (Å²) in [5.41, 5.74) is 1.07. The lowest BCUT2D eigenvalue weighted by Gasteiger charge is -2.11. The molecular weight excluding hydrogens is 304 g/mol. The Hall–Kier alpha value is -2.50. The van der Waals surface area contributed by atoms with E-state index in [0.717, 1.165) is 30.1 Å². The molecule has 0 bridgehead atoms. The molecule has 0 aliphatic carbocycles. The molecule has 0 saturated carbocycles. The van der Waals surface area contributed by atoms with Gasteiger partial charge in [0.1, 0.15) is 5.82 Å². The molecule has 0 aliphatic heterocycles. The van der Waals surface area contributed by atoms with E-state index in [2.05, 4.69) is 27.5 Å². The Morgan fingerprint density at radius 1 is 1.00 bits per heavy atom. The molecule has 0 atom stereocenters. The minimum Gasteiger partial charge on any atom is -0.493 e. The molecule has 0 aliphatic rings. The van der Waals surface area contributed by atoms with Crippen molar-refractivity contribution in [2.24, 2.45) is 0 Å². The van der Waals surface area contributed by atoms with Gasteiger partial charge in [-0.3, -0.25) is 0 Å².